The molecule has 0 aliphatic heterocycles. The largest absolute Gasteiger partial charge is 0.462 e. The van der Waals surface area contributed by atoms with E-state index in [1.807, 2.05) is 0 Å². The van der Waals surface area contributed by atoms with Crippen molar-refractivity contribution < 1.29 is 28.6 Å². The number of hydrogen-bond acceptors (Lipinski definition) is 6. The van der Waals surface area contributed by atoms with Crippen LogP contribution in [-0.2, 0) is 28.6 Å². The molecule has 6 nitrogen and oxygen atoms in total. The third-order valence-corrected chi connectivity index (χ3v) is 13.1. The maximum absolute atomic E-state index is 12.9. The van der Waals surface area contributed by atoms with Crippen LogP contribution in [0.4, 0.5) is 0 Å². The zero-order valence-corrected chi connectivity index (χ0v) is 49.9. The summed E-state index contributed by atoms with van der Waals surface area (Å²) in [4.78, 5) is 38.3. The van der Waals surface area contributed by atoms with Gasteiger partial charge in [-0.1, -0.05) is 257 Å². The molecule has 0 amide bonds. The summed E-state index contributed by atoms with van der Waals surface area (Å²) in [5, 5.41) is 0. The van der Waals surface area contributed by atoms with Crippen molar-refractivity contribution in [2.24, 2.45) is 0 Å². The van der Waals surface area contributed by atoms with Crippen LogP contribution in [0.1, 0.15) is 278 Å². The summed E-state index contributed by atoms with van der Waals surface area (Å²) in [6.07, 6.45) is 90.3. The van der Waals surface area contributed by atoms with Crippen LogP contribution >= 0.6 is 0 Å². The molecule has 0 saturated heterocycles. The van der Waals surface area contributed by atoms with Crippen LogP contribution in [0.2, 0.25) is 0 Å². The number of carbonyl (C=O) groups excluding carboxylic acids is 3. The van der Waals surface area contributed by atoms with Crippen molar-refractivity contribution in [1.82, 2.24) is 0 Å². The monoisotopic (exact) mass is 1060 g/mol. The molecule has 0 aliphatic carbocycles. The number of esters is 3. The van der Waals surface area contributed by atoms with E-state index in [4.69, 9.17) is 14.2 Å². The van der Waals surface area contributed by atoms with E-state index in [2.05, 4.69) is 154 Å². The molecule has 0 N–H and O–H groups in total. The van der Waals surface area contributed by atoms with Crippen molar-refractivity contribution >= 4 is 17.9 Å². The fourth-order valence-electron chi connectivity index (χ4n) is 8.43. The van der Waals surface area contributed by atoms with Crippen LogP contribution < -0.4 is 0 Å². The Bertz CT molecular complexity index is 1650. The average molecular weight is 1070 g/mol. The van der Waals surface area contributed by atoms with Crippen LogP contribution in [-0.4, -0.2) is 37.2 Å². The van der Waals surface area contributed by atoms with Gasteiger partial charge in [-0.3, -0.25) is 14.4 Å². The summed E-state index contributed by atoms with van der Waals surface area (Å²) in [5.41, 5.74) is 0. The SMILES string of the molecule is CC/C=C\C/C=C\C/C=C\C/C=C\C/C=C\CCCCCC(=O)OC(COC(=O)CCCC/C=C\C/C=C\C/C=C\C/C=C\CC)COC(=O)CCCCCCCCCCCCCCC/C=C\C/C=C\CCCCCCC. The molecule has 0 rings (SSSR count). The lowest BCUT2D eigenvalue weighted by atomic mass is 10.0. The lowest BCUT2D eigenvalue weighted by molar-refractivity contribution is -0.167. The van der Waals surface area contributed by atoms with E-state index in [-0.39, 0.29) is 37.5 Å². The van der Waals surface area contributed by atoms with E-state index in [1.54, 1.807) is 0 Å². The van der Waals surface area contributed by atoms with Gasteiger partial charge in [0.1, 0.15) is 13.2 Å². The zero-order valence-electron chi connectivity index (χ0n) is 49.9. The molecule has 0 spiro atoms. The summed E-state index contributed by atoms with van der Waals surface area (Å²) in [5.74, 6) is -0.984. The Balaban J connectivity index is 4.43. The fraction of sp³-hybridized carbons (Fsp3) is 0.648. The number of unbranched alkanes of at least 4 members (excludes halogenated alkanes) is 23. The molecular formula is C71H116O6. The Morgan fingerprint density at radius 2 is 0.506 bits per heavy atom. The highest BCUT2D eigenvalue weighted by molar-refractivity contribution is 5.71. The molecule has 0 aromatic rings. The van der Waals surface area contributed by atoms with Crippen LogP contribution in [0, 0.1) is 0 Å². The van der Waals surface area contributed by atoms with Crippen molar-refractivity contribution in [3.05, 3.63) is 134 Å². The summed E-state index contributed by atoms with van der Waals surface area (Å²) in [6, 6.07) is 0. The molecule has 0 saturated carbocycles. The Morgan fingerprint density at radius 3 is 0.831 bits per heavy atom. The van der Waals surface area contributed by atoms with Crippen LogP contribution in [0.15, 0.2) is 134 Å². The Morgan fingerprint density at radius 1 is 0.273 bits per heavy atom. The van der Waals surface area contributed by atoms with Gasteiger partial charge in [0.15, 0.2) is 6.10 Å². The molecule has 0 aliphatic rings. The first-order valence-corrected chi connectivity index (χ1v) is 31.7. The van der Waals surface area contributed by atoms with E-state index in [0.29, 0.717) is 25.7 Å². The number of rotatable bonds is 56. The molecule has 1 unspecified atom stereocenters. The summed E-state index contributed by atoms with van der Waals surface area (Å²) >= 11 is 0. The molecule has 0 aromatic heterocycles. The highest BCUT2D eigenvalue weighted by Gasteiger charge is 2.19. The average Bonchev–Trinajstić information content (AvgIpc) is 3.43. The van der Waals surface area contributed by atoms with Gasteiger partial charge in [-0.05, 0) is 135 Å². The Kier molecular flexibility index (Phi) is 60.4. The van der Waals surface area contributed by atoms with Gasteiger partial charge in [0.05, 0.1) is 0 Å². The highest BCUT2D eigenvalue weighted by atomic mass is 16.6. The molecule has 77 heavy (non-hydrogen) atoms. The van der Waals surface area contributed by atoms with E-state index in [9.17, 15) is 14.4 Å². The highest BCUT2D eigenvalue weighted by Crippen LogP contribution is 2.15. The first kappa shape index (κ1) is 72.5. The van der Waals surface area contributed by atoms with E-state index in [1.165, 1.54) is 109 Å². The Hall–Kier alpha value is -4.45. The molecular weight excluding hydrogens is 949 g/mol. The lowest BCUT2D eigenvalue weighted by Gasteiger charge is -2.18. The third-order valence-electron chi connectivity index (χ3n) is 13.1. The van der Waals surface area contributed by atoms with Gasteiger partial charge in [0.2, 0.25) is 0 Å². The lowest BCUT2D eigenvalue weighted by Crippen LogP contribution is -2.30. The predicted molar refractivity (Wildman–Crippen MR) is 334 cm³/mol. The number of carbonyl (C=O) groups is 3. The van der Waals surface area contributed by atoms with Crippen LogP contribution in [0.3, 0.4) is 0 Å². The smallest absolute Gasteiger partial charge is 0.306 e. The maximum Gasteiger partial charge on any atom is 0.306 e. The van der Waals surface area contributed by atoms with Crippen molar-refractivity contribution in [2.75, 3.05) is 13.2 Å². The van der Waals surface area contributed by atoms with Gasteiger partial charge >= 0.3 is 17.9 Å². The second-order valence-electron chi connectivity index (χ2n) is 20.5. The number of ether oxygens (including phenoxy) is 3. The van der Waals surface area contributed by atoms with Gasteiger partial charge in [-0.2, -0.15) is 0 Å². The molecule has 6 heteroatoms. The van der Waals surface area contributed by atoms with Crippen molar-refractivity contribution in [2.45, 2.75) is 284 Å². The molecule has 0 fully saturated rings. The topological polar surface area (TPSA) is 78.9 Å². The molecule has 1 atom stereocenters. The molecule has 0 heterocycles. The fourth-order valence-corrected chi connectivity index (χ4v) is 8.43. The first-order chi connectivity index (χ1) is 38.0. The molecule has 0 aromatic carbocycles. The second kappa shape index (κ2) is 64.1. The minimum Gasteiger partial charge on any atom is -0.462 e. The molecule has 0 bridgehead atoms. The quantitative estimate of drug-likeness (QED) is 0.0261. The van der Waals surface area contributed by atoms with Crippen LogP contribution in [0.25, 0.3) is 0 Å². The summed E-state index contributed by atoms with van der Waals surface area (Å²) in [6.45, 7) is 6.35. The second-order valence-corrected chi connectivity index (χ2v) is 20.5. The van der Waals surface area contributed by atoms with Crippen molar-refractivity contribution in [3.63, 3.8) is 0 Å². The molecule has 0 radical (unpaired) electrons. The van der Waals surface area contributed by atoms with E-state index >= 15 is 0 Å². The van der Waals surface area contributed by atoms with Gasteiger partial charge in [-0.25, -0.2) is 0 Å². The zero-order chi connectivity index (χ0) is 55.7. The molecule has 436 valence electrons. The van der Waals surface area contributed by atoms with Gasteiger partial charge in [-0.15, -0.1) is 0 Å². The number of allylic oxidation sites excluding steroid dienone is 22. The minimum absolute atomic E-state index is 0.109. The number of hydrogen-bond donors (Lipinski definition) is 0. The first-order valence-electron chi connectivity index (χ1n) is 31.7. The third kappa shape index (κ3) is 62.3. The van der Waals surface area contributed by atoms with E-state index in [0.717, 1.165) is 116 Å². The van der Waals surface area contributed by atoms with Crippen LogP contribution in [0.5, 0.6) is 0 Å². The van der Waals surface area contributed by atoms with Crippen molar-refractivity contribution in [1.29, 1.82) is 0 Å². The summed E-state index contributed by atoms with van der Waals surface area (Å²) in [7, 11) is 0. The normalized spacial score (nSPS) is 13.0. The maximum atomic E-state index is 12.9. The van der Waals surface area contributed by atoms with Gasteiger partial charge in [0, 0.05) is 19.3 Å². The minimum atomic E-state index is -0.819. The van der Waals surface area contributed by atoms with E-state index < -0.39 is 6.10 Å². The van der Waals surface area contributed by atoms with Gasteiger partial charge in [0.25, 0.3) is 0 Å². The van der Waals surface area contributed by atoms with Crippen molar-refractivity contribution in [3.8, 4) is 0 Å². The Labute approximate surface area is 475 Å². The standard InChI is InChI=1S/C71H116O6/c1-4-7-10-13-16-19-22-25-28-30-32-33-34-35-36-37-39-40-43-46-49-52-55-58-61-64-70(73)76-67-68(66-75-69(72)63-60-57-54-51-48-45-42-27-24-21-18-15-12-9-6-3)77-71(74)65-62-59-56-53-50-47-44-41-38-31-29-26-23-20-17-14-11-8-5-2/h8-9,11-12,17-18,20-22,25-27,29-30,32,38,41-42,47-48,50-51,68H,4-7,10,13-16,19,23-24,28,31,33-37,39-40,43-46,49,52-67H2,1-3H3/b11-8-,12-9-,20-17-,21-18-,25-22-,29-26-,32-30-,41-38-,42-27-,50-47-,51-48-. The predicted octanol–water partition coefficient (Wildman–Crippen LogP) is 21.8. The van der Waals surface area contributed by atoms with Gasteiger partial charge < -0.3 is 14.2 Å². The summed E-state index contributed by atoms with van der Waals surface area (Å²) < 4.78 is 16.9.